The lowest BCUT2D eigenvalue weighted by Crippen LogP contribution is -2.41. The summed E-state index contributed by atoms with van der Waals surface area (Å²) in [6.45, 7) is 1.31. The molecule has 0 atom stereocenters. The Balaban J connectivity index is 0.00000280. The molecule has 28 heavy (non-hydrogen) atoms. The van der Waals surface area contributed by atoms with E-state index in [4.69, 9.17) is 10.5 Å². The van der Waals surface area contributed by atoms with Crippen LogP contribution >= 0.6 is 12.4 Å². The van der Waals surface area contributed by atoms with Crippen molar-refractivity contribution in [3.8, 4) is 5.75 Å². The average molecular weight is 406 g/mol. The van der Waals surface area contributed by atoms with E-state index in [-0.39, 0.29) is 30.1 Å². The van der Waals surface area contributed by atoms with E-state index in [9.17, 15) is 14.9 Å². The molecular formula is C20H24ClN3O4. The van der Waals surface area contributed by atoms with Crippen LogP contribution in [0, 0.1) is 10.1 Å². The van der Waals surface area contributed by atoms with E-state index in [0.717, 1.165) is 24.1 Å². The first-order valence-electron chi connectivity index (χ1n) is 9.05. The van der Waals surface area contributed by atoms with Crippen molar-refractivity contribution in [2.75, 3.05) is 18.8 Å². The number of nitro groups is 1. The van der Waals surface area contributed by atoms with Crippen LogP contribution in [0.2, 0.25) is 0 Å². The minimum absolute atomic E-state index is 0. The number of hydrogen-bond donors (Lipinski definition) is 1. The molecule has 0 bridgehead atoms. The predicted octanol–water partition coefficient (Wildman–Crippen LogP) is 3.60. The van der Waals surface area contributed by atoms with Gasteiger partial charge in [-0.1, -0.05) is 18.2 Å². The summed E-state index contributed by atoms with van der Waals surface area (Å²) < 4.78 is 5.89. The zero-order valence-corrected chi connectivity index (χ0v) is 16.3. The van der Waals surface area contributed by atoms with Gasteiger partial charge in [-0.25, -0.2) is 0 Å². The van der Waals surface area contributed by atoms with Gasteiger partial charge in [0.2, 0.25) is 5.91 Å². The van der Waals surface area contributed by atoms with Crippen LogP contribution in [0.3, 0.4) is 0 Å². The first-order valence-corrected chi connectivity index (χ1v) is 9.05. The normalized spacial score (nSPS) is 14.2. The largest absolute Gasteiger partial charge is 0.490 e. The highest BCUT2D eigenvalue weighted by molar-refractivity contribution is 5.85. The Labute approximate surface area is 170 Å². The number of likely N-dealkylation sites (tertiary alicyclic amines) is 1. The minimum atomic E-state index is -0.434. The number of non-ortho nitro benzene ring substituents is 1. The van der Waals surface area contributed by atoms with E-state index in [2.05, 4.69) is 0 Å². The van der Waals surface area contributed by atoms with Crippen molar-refractivity contribution in [1.82, 2.24) is 4.90 Å². The van der Waals surface area contributed by atoms with Crippen molar-refractivity contribution in [1.29, 1.82) is 0 Å². The molecule has 1 amide bonds. The van der Waals surface area contributed by atoms with E-state index in [1.165, 1.54) is 12.1 Å². The van der Waals surface area contributed by atoms with Crippen LogP contribution in [0.25, 0.3) is 0 Å². The quantitative estimate of drug-likeness (QED) is 0.449. The number of nitro benzene ring substituents is 1. The number of benzene rings is 2. The molecule has 2 aromatic rings. The summed E-state index contributed by atoms with van der Waals surface area (Å²) in [4.78, 5) is 24.6. The fraction of sp³-hybridized carbons (Fsp3) is 0.350. The molecule has 1 fully saturated rings. The molecule has 150 valence electrons. The summed E-state index contributed by atoms with van der Waals surface area (Å²) in [6, 6.07) is 13.7. The third-order valence-electron chi connectivity index (χ3n) is 4.81. The monoisotopic (exact) mass is 405 g/mol. The number of carbonyl (C=O) groups is 1. The van der Waals surface area contributed by atoms with Crippen LogP contribution in [0.4, 0.5) is 11.4 Å². The van der Waals surface area contributed by atoms with E-state index in [0.29, 0.717) is 31.7 Å². The van der Waals surface area contributed by atoms with Crippen molar-refractivity contribution in [3.63, 3.8) is 0 Å². The third kappa shape index (κ3) is 5.60. The number of para-hydroxylation sites is 1. The van der Waals surface area contributed by atoms with Crippen molar-refractivity contribution >= 4 is 29.7 Å². The van der Waals surface area contributed by atoms with E-state index in [1.54, 1.807) is 12.1 Å². The van der Waals surface area contributed by atoms with Gasteiger partial charge in [0.05, 0.1) is 4.92 Å². The van der Waals surface area contributed by atoms with Crippen molar-refractivity contribution in [2.24, 2.45) is 0 Å². The number of piperidine rings is 1. The van der Waals surface area contributed by atoms with Crippen molar-refractivity contribution in [3.05, 3.63) is 64.2 Å². The van der Waals surface area contributed by atoms with Crippen molar-refractivity contribution in [2.45, 2.75) is 31.8 Å². The number of anilines is 1. The molecule has 0 spiro atoms. The third-order valence-corrected chi connectivity index (χ3v) is 4.81. The van der Waals surface area contributed by atoms with Crippen LogP contribution in [0.15, 0.2) is 48.5 Å². The summed E-state index contributed by atoms with van der Waals surface area (Å²) in [5.74, 6) is 0.747. The van der Waals surface area contributed by atoms with Gasteiger partial charge in [0.25, 0.3) is 5.69 Å². The first kappa shape index (κ1) is 21.5. The maximum absolute atomic E-state index is 12.4. The topological polar surface area (TPSA) is 98.7 Å². The molecule has 7 nitrogen and oxygen atoms in total. The summed E-state index contributed by atoms with van der Waals surface area (Å²) in [7, 11) is 0. The summed E-state index contributed by atoms with van der Waals surface area (Å²) in [5.41, 5.74) is 7.69. The molecule has 0 aliphatic carbocycles. The van der Waals surface area contributed by atoms with Gasteiger partial charge in [-0.05, 0) is 30.2 Å². The number of halogens is 1. The lowest BCUT2D eigenvalue weighted by Gasteiger charge is -2.32. The molecule has 3 rings (SSSR count). The van der Waals surface area contributed by atoms with Crippen molar-refractivity contribution < 1.29 is 14.5 Å². The Morgan fingerprint density at radius 2 is 1.79 bits per heavy atom. The first-order chi connectivity index (χ1) is 13.0. The molecule has 0 aromatic heterocycles. The van der Waals surface area contributed by atoms with E-state index < -0.39 is 4.92 Å². The molecule has 2 N–H and O–H groups in total. The lowest BCUT2D eigenvalue weighted by molar-refractivity contribution is -0.384. The smallest absolute Gasteiger partial charge is 0.269 e. The molecule has 1 aliphatic heterocycles. The van der Waals surface area contributed by atoms with Gasteiger partial charge < -0.3 is 15.4 Å². The zero-order valence-electron chi connectivity index (χ0n) is 15.5. The van der Waals surface area contributed by atoms with Gasteiger partial charge in [-0.2, -0.15) is 0 Å². The van der Waals surface area contributed by atoms with Crippen LogP contribution in [-0.2, 0) is 11.2 Å². The van der Waals surface area contributed by atoms with Gasteiger partial charge in [-0.3, -0.25) is 14.9 Å². The van der Waals surface area contributed by atoms with Crippen LogP contribution < -0.4 is 10.5 Å². The highest BCUT2D eigenvalue weighted by atomic mass is 35.5. The standard InChI is InChI=1S/C20H23N3O4.ClH/c21-19-4-2-1-3-15(19)5-10-20(24)22-13-11-18(12-14-22)27-17-8-6-16(7-9-17)23(25)26;/h1-4,6-9,18H,5,10-14,21H2;1H. The van der Waals surface area contributed by atoms with Gasteiger partial charge in [0.1, 0.15) is 11.9 Å². The number of carbonyl (C=O) groups excluding carboxylic acids is 1. The van der Waals surface area contributed by atoms with Gasteiger partial charge in [0.15, 0.2) is 0 Å². The second kappa shape index (κ2) is 9.94. The van der Waals surface area contributed by atoms with Gasteiger partial charge >= 0.3 is 0 Å². The molecule has 1 heterocycles. The number of ether oxygens (including phenoxy) is 1. The molecule has 0 unspecified atom stereocenters. The Morgan fingerprint density at radius 3 is 2.39 bits per heavy atom. The number of hydrogen-bond acceptors (Lipinski definition) is 5. The zero-order chi connectivity index (χ0) is 19.2. The molecule has 8 heteroatoms. The summed E-state index contributed by atoms with van der Waals surface area (Å²) in [6.07, 6.45) is 2.60. The fourth-order valence-corrected chi connectivity index (χ4v) is 3.22. The number of nitrogens with two attached hydrogens (primary N) is 1. The maximum Gasteiger partial charge on any atom is 0.269 e. The Bertz CT molecular complexity index is 805. The van der Waals surface area contributed by atoms with E-state index in [1.807, 2.05) is 29.2 Å². The summed E-state index contributed by atoms with van der Waals surface area (Å²) >= 11 is 0. The Morgan fingerprint density at radius 1 is 1.14 bits per heavy atom. The number of amides is 1. The van der Waals surface area contributed by atoms with Crippen LogP contribution in [0.5, 0.6) is 5.75 Å². The second-order valence-corrected chi connectivity index (χ2v) is 6.65. The highest BCUT2D eigenvalue weighted by Gasteiger charge is 2.24. The number of aryl methyl sites for hydroxylation is 1. The minimum Gasteiger partial charge on any atom is -0.490 e. The molecular weight excluding hydrogens is 382 g/mol. The molecule has 0 saturated carbocycles. The number of rotatable bonds is 6. The highest BCUT2D eigenvalue weighted by Crippen LogP contribution is 2.22. The van der Waals surface area contributed by atoms with E-state index >= 15 is 0 Å². The number of nitrogens with zero attached hydrogens (tertiary/aromatic N) is 2. The fourth-order valence-electron chi connectivity index (χ4n) is 3.22. The van der Waals surface area contributed by atoms with Gasteiger partial charge in [0, 0.05) is 50.2 Å². The SMILES string of the molecule is Cl.Nc1ccccc1CCC(=O)N1CCC(Oc2ccc([N+](=O)[O-])cc2)CC1. The Kier molecular flexibility index (Phi) is 7.63. The maximum atomic E-state index is 12.4. The Hall–Kier alpha value is -2.80. The number of nitrogen functional groups attached to an aromatic ring is 1. The summed E-state index contributed by atoms with van der Waals surface area (Å²) in [5, 5.41) is 10.7. The van der Waals surface area contributed by atoms with Crippen LogP contribution in [-0.4, -0.2) is 34.9 Å². The molecule has 0 radical (unpaired) electrons. The lowest BCUT2D eigenvalue weighted by atomic mass is 10.0. The molecule has 2 aromatic carbocycles. The second-order valence-electron chi connectivity index (χ2n) is 6.65. The molecule has 1 aliphatic rings. The van der Waals surface area contributed by atoms with Crippen LogP contribution in [0.1, 0.15) is 24.8 Å². The average Bonchev–Trinajstić information content (AvgIpc) is 2.68. The predicted molar refractivity (Wildman–Crippen MR) is 110 cm³/mol. The molecule has 1 saturated heterocycles. The van der Waals surface area contributed by atoms with Gasteiger partial charge in [-0.15, -0.1) is 12.4 Å².